The third-order valence-corrected chi connectivity index (χ3v) is 2.80. The summed E-state index contributed by atoms with van der Waals surface area (Å²) in [6.07, 6.45) is 2.14. The fourth-order valence-electron chi connectivity index (χ4n) is 1.76. The van der Waals surface area contributed by atoms with Gasteiger partial charge in [0, 0.05) is 12.6 Å². The molecular formula is C11H23N3O3. The van der Waals surface area contributed by atoms with Crippen molar-refractivity contribution in [3.63, 3.8) is 0 Å². The van der Waals surface area contributed by atoms with Crippen LogP contribution in [-0.2, 0) is 14.3 Å². The maximum atomic E-state index is 10.4. The van der Waals surface area contributed by atoms with Crippen molar-refractivity contribution in [2.45, 2.75) is 18.9 Å². The molecule has 0 aromatic heterocycles. The van der Waals surface area contributed by atoms with E-state index in [1.54, 1.807) is 0 Å². The van der Waals surface area contributed by atoms with Crippen molar-refractivity contribution < 1.29 is 14.3 Å². The Bertz CT molecular complexity index is 218. The normalized spacial score (nSPS) is 18.4. The molecule has 0 bridgehead atoms. The van der Waals surface area contributed by atoms with Crippen molar-refractivity contribution in [2.75, 3.05) is 46.1 Å². The SMILES string of the molecule is NC(=O)COCCOCCN1CCC(N)CC1. The first-order valence-electron chi connectivity index (χ1n) is 6.10. The molecule has 0 radical (unpaired) electrons. The second kappa shape index (κ2) is 8.41. The van der Waals surface area contributed by atoms with Crippen molar-refractivity contribution in [2.24, 2.45) is 11.5 Å². The van der Waals surface area contributed by atoms with Crippen LogP contribution < -0.4 is 11.5 Å². The lowest BCUT2D eigenvalue weighted by Crippen LogP contribution is -2.41. The van der Waals surface area contributed by atoms with Gasteiger partial charge in [0.2, 0.25) is 5.91 Å². The zero-order chi connectivity index (χ0) is 12.5. The van der Waals surface area contributed by atoms with E-state index in [2.05, 4.69) is 4.90 Å². The Morgan fingerprint density at radius 1 is 1.18 bits per heavy atom. The van der Waals surface area contributed by atoms with Crippen LogP contribution in [0.4, 0.5) is 0 Å². The van der Waals surface area contributed by atoms with Crippen LogP contribution in [0.2, 0.25) is 0 Å². The van der Waals surface area contributed by atoms with E-state index in [1.807, 2.05) is 0 Å². The molecule has 0 spiro atoms. The summed E-state index contributed by atoms with van der Waals surface area (Å²) in [5, 5.41) is 0. The third-order valence-electron chi connectivity index (χ3n) is 2.80. The molecule has 4 N–H and O–H groups in total. The van der Waals surface area contributed by atoms with Gasteiger partial charge in [0.15, 0.2) is 0 Å². The van der Waals surface area contributed by atoms with Gasteiger partial charge in [0.1, 0.15) is 6.61 Å². The second-order valence-corrected chi connectivity index (χ2v) is 4.31. The van der Waals surface area contributed by atoms with E-state index in [0.717, 1.165) is 32.5 Å². The monoisotopic (exact) mass is 245 g/mol. The Hall–Kier alpha value is -0.690. The lowest BCUT2D eigenvalue weighted by atomic mass is 10.1. The van der Waals surface area contributed by atoms with Gasteiger partial charge in [0.05, 0.1) is 19.8 Å². The first kappa shape index (κ1) is 14.4. The molecule has 0 unspecified atom stereocenters. The van der Waals surface area contributed by atoms with Gasteiger partial charge in [0.25, 0.3) is 0 Å². The lowest BCUT2D eigenvalue weighted by molar-refractivity contribution is -0.123. The van der Waals surface area contributed by atoms with Crippen molar-refractivity contribution in [1.29, 1.82) is 0 Å². The Balaban J connectivity index is 1.85. The number of carbonyl (C=O) groups is 1. The van der Waals surface area contributed by atoms with E-state index < -0.39 is 5.91 Å². The lowest BCUT2D eigenvalue weighted by Gasteiger charge is -2.29. The van der Waals surface area contributed by atoms with Crippen molar-refractivity contribution >= 4 is 5.91 Å². The van der Waals surface area contributed by atoms with Gasteiger partial charge in [-0.1, -0.05) is 0 Å². The van der Waals surface area contributed by atoms with Crippen LogP contribution >= 0.6 is 0 Å². The number of rotatable bonds is 8. The summed E-state index contributed by atoms with van der Waals surface area (Å²) in [6, 6.07) is 0.370. The van der Waals surface area contributed by atoms with Crippen LogP contribution in [0.1, 0.15) is 12.8 Å². The molecule has 6 nitrogen and oxygen atoms in total. The van der Waals surface area contributed by atoms with Crippen LogP contribution in [0.5, 0.6) is 0 Å². The molecule has 1 fully saturated rings. The zero-order valence-corrected chi connectivity index (χ0v) is 10.3. The van der Waals surface area contributed by atoms with Gasteiger partial charge in [-0.15, -0.1) is 0 Å². The predicted octanol–water partition coefficient (Wildman–Crippen LogP) is -1.07. The Morgan fingerprint density at radius 2 is 1.82 bits per heavy atom. The highest BCUT2D eigenvalue weighted by Crippen LogP contribution is 2.07. The molecular weight excluding hydrogens is 222 g/mol. The van der Waals surface area contributed by atoms with E-state index in [0.29, 0.717) is 25.9 Å². The van der Waals surface area contributed by atoms with Gasteiger partial charge in [-0.25, -0.2) is 0 Å². The number of amides is 1. The maximum absolute atomic E-state index is 10.4. The number of carbonyl (C=O) groups excluding carboxylic acids is 1. The minimum absolute atomic E-state index is 0.0344. The molecule has 100 valence electrons. The van der Waals surface area contributed by atoms with Gasteiger partial charge in [-0.2, -0.15) is 0 Å². The molecule has 1 rings (SSSR count). The molecule has 0 saturated carbocycles. The Labute approximate surface area is 102 Å². The summed E-state index contributed by atoms with van der Waals surface area (Å²) in [4.78, 5) is 12.7. The van der Waals surface area contributed by atoms with Crippen LogP contribution in [0.25, 0.3) is 0 Å². The molecule has 17 heavy (non-hydrogen) atoms. The summed E-state index contributed by atoms with van der Waals surface area (Å²) >= 11 is 0. The van der Waals surface area contributed by atoms with Crippen molar-refractivity contribution in [1.82, 2.24) is 4.90 Å². The minimum atomic E-state index is -0.449. The summed E-state index contributed by atoms with van der Waals surface area (Å²) in [5.74, 6) is -0.449. The molecule has 6 heteroatoms. The zero-order valence-electron chi connectivity index (χ0n) is 10.3. The highest BCUT2D eigenvalue weighted by atomic mass is 16.5. The fraction of sp³-hybridized carbons (Fsp3) is 0.909. The number of hydrogen-bond acceptors (Lipinski definition) is 5. The molecule has 1 heterocycles. The van der Waals surface area contributed by atoms with Crippen LogP contribution in [0, 0.1) is 0 Å². The Kier molecular flexibility index (Phi) is 7.11. The highest BCUT2D eigenvalue weighted by molar-refractivity contribution is 5.74. The average molecular weight is 245 g/mol. The number of nitrogens with two attached hydrogens (primary N) is 2. The predicted molar refractivity (Wildman–Crippen MR) is 64.5 cm³/mol. The van der Waals surface area contributed by atoms with Crippen LogP contribution in [-0.4, -0.2) is 62.9 Å². The number of likely N-dealkylation sites (tertiary alicyclic amines) is 1. The Morgan fingerprint density at radius 3 is 2.47 bits per heavy atom. The number of ether oxygens (including phenoxy) is 2. The topological polar surface area (TPSA) is 90.8 Å². The standard InChI is InChI=1S/C11H23N3O3/c12-10-1-3-14(4-2-10)5-6-16-7-8-17-9-11(13)15/h10H,1-9,12H2,(H2,13,15). The van der Waals surface area contributed by atoms with Gasteiger partial charge in [-0.3, -0.25) is 4.79 Å². The van der Waals surface area contributed by atoms with Crippen LogP contribution in [0.3, 0.4) is 0 Å². The first-order chi connectivity index (χ1) is 8.18. The summed E-state index contributed by atoms with van der Waals surface area (Å²) in [5.41, 5.74) is 10.7. The largest absolute Gasteiger partial charge is 0.378 e. The quantitative estimate of drug-likeness (QED) is 0.531. The molecule has 1 aliphatic rings. The van der Waals surface area contributed by atoms with E-state index >= 15 is 0 Å². The maximum Gasteiger partial charge on any atom is 0.243 e. The smallest absolute Gasteiger partial charge is 0.243 e. The van der Waals surface area contributed by atoms with E-state index in [9.17, 15) is 4.79 Å². The third kappa shape index (κ3) is 7.27. The van der Waals surface area contributed by atoms with Crippen molar-refractivity contribution in [3.8, 4) is 0 Å². The number of primary amides is 1. The molecule has 0 aromatic carbocycles. The first-order valence-corrected chi connectivity index (χ1v) is 6.10. The summed E-state index contributed by atoms with van der Waals surface area (Å²) in [6.45, 7) is 4.62. The van der Waals surface area contributed by atoms with E-state index in [4.69, 9.17) is 20.9 Å². The van der Waals surface area contributed by atoms with Gasteiger partial charge >= 0.3 is 0 Å². The number of hydrogen-bond donors (Lipinski definition) is 2. The van der Waals surface area contributed by atoms with Gasteiger partial charge < -0.3 is 25.8 Å². The number of nitrogens with zero attached hydrogens (tertiary/aromatic N) is 1. The molecule has 1 amide bonds. The minimum Gasteiger partial charge on any atom is -0.378 e. The summed E-state index contributed by atoms with van der Waals surface area (Å²) in [7, 11) is 0. The van der Waals surface area contributed by atoms with E-state index in [1.165, 1.54) is 0 Å². The average Bonchev–Trinajstić information content (AvgIpc) is 2.30. The fourth-order valence-corrected chi connectivity index (χ4v) is 1.76. The molecule has 1 aliphatic heterocycles. The summed E-state index contributed by atoms with van der Waals surface area (Å²) < 4.78 is 10.4. The molecule has 0 aromatic rings. The highest BCUT2D eigenvalue weighted by Gasteiger charge is 2.14. The second-order valence-electron chi connectivity index (χ2n) is 4.31. The van der Waals surface area contributed by atoms with Crippen molar-refractivity contribution in [3.05, 3.63) is 0 Å². The number of piperidine rings is 1. The van der Waals surface area contributed by atoms with Crippen LogP contribution in [0.15, 0.2) is 0 Å². The molecule has 1 saturated heterocycles. The van der Waals surface area contributed by atoms with Gasteiger partial charge in [-0.05, 0) is 25.9 Å². The molecule has 0 atom stereocenters. The van der Waals surface area contributed by atoms with E-state index in [-0.39, 0.29) is 6.61 Å². The molecule has 0 aliphatic carbocycles.